The highest BCUT2D eigenvalue weighted by molar-refractivity contribution is 9.10. The summed E-state index contributed by atoms with van der Waals surface area (Å²) >= 11 is 3.12. The molecule has 19 heavy (non-hydrogen) atoms. The highest BCUT2D eigenvalue weighted by atomic mass is 79.9. The third kappa shape index (κ3) is 3.41. The van der Waals surface area contributed by atoms with Gasteiger partial charge in [-0.05, 0) is 48.0 Å². The summed E-state index contributed by atoms with van der Waals surface area (Å²) in [6.07, 6.45) is 1.68. The fourth-order valence-corrected chi connectivity index (χ4v) is 1.78. The van der Waals surface area contributed by atoms with E-state index in [1.807, 2.05) is 13.8 Å². The number of nitrogens with one attached hydrogen (secondary N) is 1. The van der Waals surface area contributed by atoms with Gasteiger partial charge >= 0.3 is 0 Å². The van der Waals surface area contributed by atoms with Gasteiger partial charge in [-0.15, -0.1) is 0 Å². The molecule has 0 spiro atoms. The van der Waals surface area contributed by atoms with Gasteiger partial charge in [-0.3, -0.25) is 0 Å². The molecule has 2 aromatic rings. The van der Waals surface area contributed by atoms with E-state index in [9.17, 15) is 4.39 Å². The van der Waals surface area contributed by atoms with Crippen LogP contribution in [0.5, 0.6) is 11.6 Å². The highest BCUT2D eigenvalue weighted by Gasteiger charge is 2.08. The quantitative estimate of drug-likeness (QED) is 0.925. The lowest BCUT2D eigenvalue weighted by molar-refractivity contribution is 0.456. The van der Waals surface area contributed by atoms with E-state index in [1.54, 1.807) is 18.3 Å². The Kier molecular flexibility index (Phi) is 4.31. The number of aryl methyl sites for hydroxylation is 1. The Morgan fingerprint density at radius 1 is 1.42 bits per heavy atom. The summed E-state index contributed by atoms with van der Waals surface area (Å²) in [6.45, 7) is 4.54. The maximum Gasteiger partial charge on any atom is 0.226 e. The molecular formula is C13H13BrFN3O. The number of halogens is 2. The molecule has 0 aliphatic heterocycles. The van der Waals surface area contributed by atoms with Crippen LogP contribution in [0.25, 0.3) is 0 Å². The molecule has 0 saturated heterocycles. The number of aromatic nitrogens is 2. The lowest BCUT2D eigenvalue weighted by atomic mass is 10.3. The predicted octanol–water partition coefficient (Wildman–Crippen LogP) is 3.91. The van der Waals surface area contributed by atoms with Crippen LogP contribution in [0.2, 0.25) is 0 Å². The standard InChI is InChI=1S/C13H13BrFN3O/c1-3-16-13-17-7-8(2)12(18-13)19-9-4-5-11(15)10(14)6-9/h4-7H,3H2,1-2H3,(H,16,17,18). The van der Waals surface area contributed by atoms with Crippen LogP contribution in [0.3, 0.4) is 0 Å². The van der Waals surface area contributed by atoms with Gasteiger partial charge in [0.2, 0.25) is 11.8 Å². The van der Waals surface area contributed by atoms with Crippen LogP contribution in [-0.4, -0.2) is 16.5 Å². The summed E-state index contributed by atoms with van der Waals surface area (Å²) < 4.78 is 19.1. The van der Waals surface area contributed by atoms with E-state index in [2.05, 4.69) is 31.2 Å². The molecule has 6 heteroatoms. The van der Waals surface area contributed by atoms with E-state index in [4.69, 9.17) is 4.74 Å². The molecule has 1 aromatic carbocycles. The fourth-order valence-electron chi connectivity index (χ4n) is 1.42. The number of benzene rings is 1. The van der Waals surface area contributed by atoms with Crippen molar-refractivity contribution in [2.24, 2.45) is 0 Å². The summed E-state index contributed by atoms with van der Waals surface area (Å²) in [6, 6.07) is 4.44. The molecule has 0 atom stereocenters. The first-order valence-corrected chi connectivity index (χ1v) is 6.60. The lowest BCUT2D eigenvalue weighted by Gasteiger charge is -2.09. The number of ether oxygens (including phenoxy) is 1. The molecule has 0 fully saturated rings. The van der Waals surface area contributed by atoms with Gasteiger partial charge in [0.05, 0.1) is 4.47 Å². The molecule has 2 rings (SSSR count). The first-order chi connectivity index (χ1) is 9.10. The second-order valence-electron chi connectivity index (χ2n) is 3.89. The largest absolute Gasteiger partial charge is 0.439 e. The van der Waals surface area contributed by atoms with Crippen molar-refractivity contribution in [1.82, 2.24) is 9.97 Å². The normalized spacial score (nSPS) is 10.3. The molecule has 1 N–H and O–H groups in total. The van der Waals surface area contributed by atoms with Crippen LogP contribution in [-0.2, 0) is 0 Å². The van der Waals surface area contributed by atoms with Crippen molar-refractivity contribution < 1.29 is 9.13 Å². The number of hydrogen-bond acceptors (Lipinski definition) is 4. The van der Waals surface area contributed by atoms with Crippen LogP contribution in [0.1, 0.15) is 12.5 Å². The number of anilines is 1. The van der Waals surface area contributed by atoms with E-state index in [0.29, 0.717) is 22.1 Å². The zero-order valence-corrected chi connectivity index (χ0v) is 12.2. The van der Waals surface area contributed by atoms with E-state index in [-0.39, 0.29) is 5.82 Å². The molecule has 1 aromatic heterocycles. The van der Waals surface area contributed by atoms with Crippen LogP contribution in [0, 0.1) is 12.7 Å². The van der Waals surface area contributed by atoms with Crippen molar-refractivity contribution in [3.63, 3.8) is 0 Å². The van der Waals surface area contributed by atoms with Gasteiger partial charge in [0.1, 0.15) is 11.6 Å². The molecule has 0 aliphatic rings. The van der Waals surface area contributed by atoms with Crippen molar-refractivity contribution in [3.05, 3.63) is 40.2 Å². The van der Waals surface area contributed by atoms with Gasteiger partial charge in [0.15, 0.2) is 0 Å². The Bertz CT molecular complexity index is 592. The van der Waals surface area contributed by atoms with Crippen molar-refractivity contribution in [2.75, 3.05) is 11.9 Å². The topological polar surface area (TPSA) is 47.0 Å². The van der Waals surface area contributed by atoms with Gasteiger partial charge in [-0.2, -0.15) is 4.98 Å². The molecular weight excluding hydrogens is 313 g/mol. The minimum atomic E-state index is -0.333. The summed E-state index contributed by atoms with van der Waals surface area (Å²) in [4.78, 5) is 8.39. The van der Waals surface area contributed by atoms with Crippen molar-refractivity contribution in [1.29, 1.82) is 0 Å². The molecule has 0 aliphatic carbocycles. The van der Waals surface area contributed by atoms with Crippen molar-refractivity contribution >= 4 is 21.9 Å². The summed E-state index contributed by atoms with van der Waals surface area (Å²) in [5, 5.41) is 3.01. The summed E-state index contributed by atoms with van der Waals surface area (Å²) in [5.74, 6) is 1.13. The third-order valence-corrected chi connectivity index (χ3v) is 2.97. The highest BCUT2D eigenvalue weighted by Crippen LogP contribution is 2.27. The van der Waals surface area contributed by atoms with Gasteiger partial charge in [-0.25, -0.2) is 9.37 Å². The molecule has 0 radical (unpaired) electrons. The maximum atomic E-state index is 13.1. The molecule has 4 nitrogen and oxygen atoms in total. The fraction of sp³-hybridized carbons (Fsp3) is 0.231. The van der Waals surface area contributed by atoms with Crippen LogP contribution in [0.4, 0.5) is 10.3 Å². The van der Waals surface area contributed by atoms with E-state index in [1.165, 1.54) is 6.07 Å². The SMILES string of the molecule is CCNc1ncc(C)c(Oc2ccc(F)c(Br)c2)n1. The van der Waals surface area contributed by atoms with Gasteiger partial charge in [0, 0.05) is 18.3 Å². The van der Waals surface area contributed by atoms with Crippen molar-refractivity contribution in [2.45, 2.75) is 13.8 Å². The molecule has 0 unspecified atom stereocenters. The first kappa shape index (κ1) is 13.7. The number of rotatable bonds is 4. The molecule has 0 amide bonds. The Labute approximate surface area is 119 Å². The Hall–Kier alpha value is -1.69. The van der Waals surface area contributed by atoms with Gasteiger partial charge < -0.3 is 10.1 Å². The number of nitrogens with zero attached hydrogens (tertiary/aromatic N) is 2. The van der Waals surface area contributed by atoms with E-state index < -0.39 is 0 Å². The van der Waals surface area contributed by atoms with E-state index in [0.717, 1.165) is 12.1 Å². The van der Waals surface area contributed by atoms with Crippen molar-refractivity contribution in [3.8, 4) is 11.6 Å². The maximum absolute atomic E-state index is 13.1. The minimum absolute atomic E-state index is 0.333. The van der Waals surface area contributed by atoms with Crippen LogP contribution >= 0.6 is 15.9 Å². The van der Waals surface area contributed by atoms with E-state index >= 15 is 0 Å². The molecule has 0 bridgehead atoms. The Morgan fingerprint density at radius 2 is 2.21 bits per heavy atom. The second kappa shape index (κ2) is 5.97. The van der Waals surface area contributed by atoms with Crippen LogP contribution < -0.4 is 10.1 Å². The zero-order valence-electron chi connectivity index (χ0n) is 10.6. The van der Waals surface area contributed by atoms with Gasteiger partial charge in [0.25, 0.3) is 0 Å². The first-order valence-electron chi connectivity index (χ1n) is 5.80. The summed E-state index contributed by atoms with van der Waals surface area (Å²) in [7, 11) is 0. The minimum Gasteiger partial charge on any atom is -0.439 e. The second-order valence-corrected chi connectivity index (χ2v) is 4.74. The lowest BCUT2D eigenvalue weighted by Crippen LogP contribution is -2.03. The Balaban J connectivity index is 2.26. The smallest absolute Gasteiger partial charge is 0.226 e. The average Bonchev–Trinajstić information content (AvgIpc) is 2.38. The zero-order chi connectivity index (χ0) is 13.8. The molecule has 100 valence electrons. The molecule has 0 saturated carbocycles. The molecule has 1 heterocycles. The van der Waals surface area contributed by atoms with Gasteiger partial charge in [-0.1, -0.05) is 0 Å². The monoisotopic (exact) mass is 325 g/mol. The third-order valence-electron chi connectivity index (χ3n) is 2.37. The predicted molar refractivity (Wildman–Crippen MR) is 75.1 cm³/mol. The summed E-state index contributed by atoms with van der Waals surface area (Å²) in [5.41, 5.74) is 0.808. The Morgan fingerprint density at radius 3 is 2.89 bits per heavy atom. The van der Waals surface area contributed by atoms with Crippen LogP contribution in [0.15, 0.2) is 28.9 Å². The average molecular weight is 326 g/mol. The number of hydrogen-bond donors (Lipinski definition) is 1.